The van der Waals surface area contributed by atoms with Crippen molar-refractivity contribution in [3.8, 4) is 16.9 Å². The molecule has 0 spiro atoms. The van der Waals surface area contributed by atoms with Crippen LogP contribution in [0.3, 0.4) is 0 Å². The van der Waals surface area contributed by atoms with Crippen LogP contribution in [0.25, 0.3) is 11.1 Å². The van der Waals surface area contributed by atoms with Crippen LogP contribution in [-0.4, -0.2) is 5.11 Å². The van der Waals surface area contributed by atoms with Gasteiger partial charge in [0.05, 0.1) is 0 Å². The van der Waals surface area contributed by atoms with Crippen LogP contribution < -0.4 is 0 Å². The lowest BCUT2D eigenvalue weighted by molar-refractivity contribution is 0.332. The summed E-state index contributed by atoms with van der Waals surface area (Å²) in [5, 5.41) is 9.52. The fourth-order valence-corrected chi connectivity index (χ4v) is 3.67. The van der Waals surface area contributed by atoms with E-state index in [4.69, 9.17) is 0 Å². The predicted octanol–water partition coefficient (Wildman–Crippen LogP) is 5.72. The number of benzene rings is 2. The van der Waals surface area contributed by atoms with Gasteiger partial charge >= 0.3 is 0 Å². The highest BCUT2D eigenvalue weighted by atomic mass is 16.3. The van der Waals surface area contributed by atoms with Crippen molar-refractivity contribution in [3.63, 3.8) is 0 Å². The number of phenols is 1. The van der Waals surface area contributed by atoms with Crippen LogP contribution in [0.2, 0.25) is 0 Å². The van der Waals surface area contributed by atoms with Crippen LogP contribution in [0.4, 0.5) is 0 Å². The molecule has 1 aliphatic rings. The third-order valence-corrected chi connectivity index (χ3v) is 5.38. The van der Waals surface area contributed by atoms with Gasteiger partial charge in [0.1, 0.15) is 5.75 Å². The van der Waals surface area contributed by atoms with Crippen LogP contribution in [0.15, 0.2) is 36.4 Å². The van der Waals surface area contributed by atoms with Crippen molar-refractivity contribution < 1.29 is 5.11 Å². The molecule has 2 aromatic carbocycles. The molecule has 0 saturated carbocycles. The summed E-state index contributed by atoms with van der Waals surface area (Å²) in [4.78, 5) is 0. The Kier molecular flexibility index (Phi) is 3.36. The molecule has 1 nitrogen and oxygen atoms in total. The Morgan fingerprint density at radius 3 is 1.86 bits per heavy atom. The Bertz CT molecular complexity index is 705. The molecule has 0 radical (unpaired) electrons. The van der Waals surface area contributed by atoms with Crippen LogP contribution in [0.1, 0.15) is 57.2 Å². The average Bonchev–Trinajstić information content (AvgIpc) is 2.45. The maximum Gasteiger partial charge on any atom is 0.115 e. The molecule has 0 saturated heterocycles. The molecule has 2 aromatic rings. The van der Waals surface area contributed by atoms with E-state index >= 15 is 0 Å². The minimum atomic E-state index is 0.226. The van der Waals surface area contributed by atoms with Crippen molar-refractivity contribution in [1.29, 1.82) is 0 Å². The first-order chi connectivity index (χ1) is 10.2. The zero-order valence-electron chi connectivity index (χ0n) is 14.3. The number of hydrogen-bond acceptors (Lipinski definition) is 1. The first kappa shape index (κ1) is 15.1. The number of aryl methyl sites for hydroxylation is 1. The van der Waals surface area contributed by atoms with Gasteiger partial charge in [-0.2, -0.15) is 0 Å². The van der Waals surface area contributed by atoms with Gasteiger partial charge in [0.25, 0.3) is 0 Å². The Morgan fingerprint density at radius 2 is 1.32 bits per heavy atom. The number of fused-ring (bicyclic) bond motifs is 1. The summed E-state index contributed by atoms with van der Waals surface area (Å²) in [6.07, 6.45) is 2.47. The van der Waals surface area contributed by atoms with Crippen molar-refractivity contribution in [2.45, 2.75) is 58.3 Å². The molecule has 0 fully saturated rings. The SMILES string of the molecule is Cc1cc2c(cc1-c1ccc(O)cc1)C(C)(C)CCC2(C)C. The fraction of sp³-hybridized carbons (Fsp3) is 0.429. The monoisotopic (exact) mass is 294 g/mol. The van der Waals surface area contributed by atoms with Crippen LogP contribution in [0, 0.1) is 6.92 Å². The second-order valence-electron chi connectivity index (χ2n) is 8.03. The summed E-state index contributed by atoms with van der Waals surface area (Å²) in [6.45, 7) is 11.6. The summed E-state index contributed by atoms with van der Waals surface area (Å²) in [7, 11) is 0. The lowest BCUT2D eigenvalue weighted by Crippen LogP contribution is -2.34. The maximum atomic E-state index is 9.52. The number of rotatable bonds is 1. The van der Waals surface area contributed by atoms with Gasteiger partial charge in [-0.3, -0.25) is 0 Å². The Labute approximate surface area is 134 Å². The molecule has 0 aromatic heterocycles. The third kappa shape index (κ3) is 2.43. The Hall–Kier alpha value is -1.76. The standard InChI is InChI=1S/C21H26O/c1-14-12-18-19(21(4,5)11-10-20(18,2)3)13-17(14)15-6-8-16(22)9-7-15/h6-9,12-13,22H,10-11H2,1-5H3. The molecule has 0 atom stereocenters. The van der Waals surface area contributed by atoms with Crippen LogP contribution in [0.5, 0.6) is 5.75 Å². The molecular weight excluding hydrogens is 268 g/mol. The molecule has 1 N–H and O–H groups in total. The molecule has 0 unspecified atom stereocenters. The van der Waals surface area contributed by atoms with E-state index in [0.717, 1.165) is 0 Å². The van der Waals surface area contributed by atoms with Gasteiger partial charge in [-0.15, -0.1) is 0 Å². The van der Waals surface area contributed by atoms with E-state index in [1.807, 2.05) is 12.1 Å². The molecule has 0 aliphatic heterocycles. The predicted molar refractivity (Wildman–Crippen MR) is 93.6 cm³/mol. The minimum absolute atomic E-state index is 0.226. The Morgan fingerprint density at radius 1 is 0.818 bits per heavy atom. The summed E-state index contributed by atoms with van der Waals surface area (Å²) in [5.74, 6) is 0.320. The van der Waals surface area contributed by atoms with Crippen LogP contribution in [-0.2, 0) is 10.8 Å². The van der Waals surface area contributed by atoms with Crippen LogP contribution >= 0.6 is 0 Å². The quantitative estimate of drug-likeness (QED) is 0.713. The van der Waals surface area contributed by atoms with E-state index in [1.54, 1.807) is 12.1 Å². The Balaban J connectivity index is 2.22. The summed E-state index contributed by atoms with van der Waals surface area (Å²) in [5.41, 5.74) is 7.24. The van der Waals surface area contributed by atoms with Gasteiger partial charge in [0, 0.05) is 0 Å². The molecule has 22 heavy (non-hydrogen) atoms. The summed E-state index contributed by atoms with van der Waals surface area (Å²) < 4.78 is 0. The third-order valence-electron chi connectivity index (χ3n) is 5.38. The van der Waals surface area contributed by atoms with E-state index in [0.29, 0.717) is 5.75 Å². The smallest absolute Gasteiger partial charge is 0.115 e. The lowest BCUT2D eigenvalue weighted by Gasteiger charge is -2.42. The molecule has 0 bridgehead atoms. The lowest BCUT2D eigenvalue weighted by atomic mass is 9.62. The van der Waals surface area contributed by atoms with Crippen molar-refractivity contribution >= 4 is 0 Å². The van der Waals surface area contributed by atoms with Crippen molar-refractivity contribution in [3.05, 3.63) is 53.1 Å². The van der Waals surface area contributed by atoms with Crippen molar-refractivity contribution in [2.75, 3.05) is 0 Å². The first-order valence-corrected chi connectivity index (χ1v) is 8.16. The van der Waals surface area contributed by atoms with E-state index < -0.39 is 0 Å². The van der Waals surface area contributed by atoms with Gasteiger partial charge in [0.15, 0.2) is 0 Å². The number of phenolic OH excluding ortho intramolecular Hbond substituents is 1. The zero-order chi connectivity index (χ0) is 16.1. The van der Waals surface area contributed by atoms with Crippen molar-refractivity contribution in [2.24, 2.45) is 0 Å². The highest BCUT2D eigenvalue weighted by molar-refractivity contribution is 5.70. The second-order valence-corrected chi connectivity index (χ2v) is 8.03. The number of aromatic hydroxyl groups is 1. The zero-order valence-corrected chi connectivity index (χ0v) is 14.3. The first-order valence-electron chi connectivity index (χ1n) is 8.16. The summed E-state index contributed by atoms with van der Waals surface area (Å²) >= 11 is 0. The highest BCUT2D eigenvalue weighted by Gasteiger charge is 2.37. The van der Waals surface area contributed by atoms with Gasteiger partial charge in [-0.25, -0.2) is 0 Å². The van der Waals surface area contributed by atoms with E-state index in [2.05, 4.69) is 46.8 Å². The molecular formula is C21H26O. The highest BCUT2D eigenvalue weighted by Crippen LogP contribution is 2.47. The molecule has 0 amide bonds. The second kappa shape index (κ2) is 4.87. The topological polar surface area (TPSA) is 20.2 Å². The normalized spacial score (nSPS) is 18.8. The van der Waals surface area contributed by atoms with Gasteiger partial charge in [-0.05, 0) is 70.5 Å². The minimum Gasteiger partial charge on any atom is -0.508 e. The van der Waals surface area contributed by atoms with Crippen molar-refractivity contribution in [1.82, 2.24) is 0 Å². The fourth-order valence-electron chi connectivity index (χ4n) is 3.67. The molecule has 0 heterocycles. The summed E-state index contributed by atoms with van der Waals surface area (Å²) in [6, 6.07) is 12.3. The molecule has 1 aliphatic carbocycles. The molecule has 3 rings (SSSR count). The molecule has 116 valence electrons. The van der Waals surface area contributed by atoms with E-state index in [9.17, 15) is 5.11 Å². The van der Waals surface area contributed by atoms with Gasteiger partial charge < -0.3 is 5.11 Å². The van der Waals surface area contributed by atoms with Gasteiger partial charge in [0.2, 0.25) is 0 Å². The van der Waals surface area contributed by atoms with E-state index in [-0.39, 0.29) is 10.8 Å². The maximum absolute atomic E-state index is 9.52. The van der Waals surface area contributed by atoms with Gasteiger partial charge in [-0.1, -0.05) is 52.0 Å². The average molecular weight is 294 g/mol. The number of hydrogen-bond donors (Lipinski definition) is 1. The molecule has 1 heteroatoms. The largest absolute Gasteiger partial charge is 0.508 e. The van der Waals surface area contributed by atoms with E-state index in [1.165, 1.54) is 40.7 Å².